The van der Waals surface area contributed by atoms with Gasteiger partial charge in [-0.25, -0.2) is 4.79 Å². The maximum Gasteiger partial charge on any atom is 0.315 e. The summed E-state index contributed by atoms with van der Waals surface area (Å²) in [6.45, 7) is 4.03. The highest BCUT2D eigenvalue weighted by Crippen LogP contribution is 2.07. The maximum atomic E-state index is 11.6. The molecule has 2 amide bonds. The minimum atomic E-state index is -0.918. The van der Waals surface area contributed by atoms with E-state index in [0.29, 0.717) is 6.54 Å². The van der Waals surface area contributed by atoms with E-state index in [1.165, 1.54) is 18.6 Å². The monoisotopic (exact) mass is 290 g/mol. The summed E-state index contributed by atoms with van der Waals surface area (Å²) in [5.74, 6) is 0.274. The Hall–Kier alpha value is -0.910. The Kier molecular flexibility index (Phi) is 9.47. The van der Waals surface area contributed by atoms with E-state index in [1.54, 1.807) is 13.8 Å². The smallest absolute Gasteiger partial charge is 0.315 e. The molecule has 0 aliphatic heterocycles. The number of amides is 2. The summed E-state index contributed by atoms with van der Waals surface area (Å²) in [6.07, 6.45) is 6.49. The van der Waals surface area contributed by atoms with Crippen molar-refractivity contribution in [3.8, 4) is 0 Å². The molecule has 0 aliphatic rings. The molecule has 0 spiro atoms. The first-order chi connectivity index (χ1) is 8.87. The zero-order chi connectivity index (χ0) is 14.7. The van der Waals surface area contributed by atoms with E-state index < -0.39 is 11.5 Å². The van der Waals surface area contributed by atoms with Gasteiger partial charge in [0.05, 0.1) is 6.42 Å². The van der Waals surface area contributed by atoms with Gasteiger partial charge >= 0.3 is 12.0 Å². The van der Waals surface area contributed by atoms with Crippen LogP contribution in [-0.4, -0.2) is 41.2 Å². The number of nitrogens with one attached hydrogen (secondary N) is 2. The van der Waals surface area contributed by atoms with Gasteiger partial charge in [0.2, 0.25) is 0 Å². The molecular weight excluding hydrogens is 264 g/mol. The molecule has 19 heavy (non-hydrogen) atoms. The number of hydrogen-bond donors (Lipinski definition) is 3. The zero-order valence-electron chi connectivity index (χ0n) is 12.1. The van der Waals surface area contributed by atoms with Gasteiger partial charge in [0.25, 0.3) is 0 Å². The molecule has 0 atom stereocenters. The summed E-state index contributed by atoms with van der Waals surface area (Å²) >= 11 is 1.85. The first kappa shape index (κ1) is 18.1. The fraction of sp³-hybridized carbons (Fsp3) is 0.846. The second-order valence-electron chi connectivity index (χ2n) is 5.24. The third-order valence-corrected chi connectivity index (χ3v) is 3.30. The molecule has 0 fully saturated rings. The van der Waals surface area contributed by atoms with Crippen LogP contribution in [0.15, 0.2) is 0 Å². The van der Waals surface area contributed by atoms with Crippen molar-refractivity contribution in [2.24, 2.45) is 0 Å². The topological polar surface area (TPSA) is 78.4 Å². The van der Waals surface area contributed by atoms with Crippen LogP contribution in [0.1, 0.15) is 46.0 Å². The van der Waals surface area contributed by atoms with E-state index in [2.05, 4.69) is 16.9 Å². The maximum absolute atomic E-state index is 11.6. The number of thioether (sulfide) groups is 1. The number of hydrogen-bond acceptors (Lipinski definition) is 3. The first-order valence-electron chi connectivity index (χ1n) is 6.64. The molecule has 0 aliphatic carbocycles. The van der Waals surface area contributed by atoms with E-state index in [1.807, 2.05) is 11.8 Å². The standard InChI is InChI=1S/C13H26N2O3S/c1-13(2,10-11(16)17)15-12(18)14-8-6-4-5-7-9-19-3/h4-10H2,1-3H3,(H,16,17)(H2,14,15,18). The fourth-order valence-corrected chi connectivity index (χ4v) is 2.19. The van der Waals surface area contributed by atoms with Gasteiger partial charge in [0, 0.05) is 12.1 Å². The highest BCUT2D eigenvalue weighted by Gasteiger charge is 2.23. The zero-order valence-corrected chi connectivity index (χ0v) is 12.9. The Morgan fingerprint density at radius 1 is 1.16 bits per heavy atom. The van der Waals surface area contributed by atoms with Gasteiger partial charge in [0.15, 0.2) is 0 Å². The molecule has 3 N–H and O–H groups in total. The summed E-state index contributed by atoms with van der Waals surface area (Å²) in [5.41, 5.74) is -0.728. The fourth-order valence-electron chi connectivity index (χ4n) is 1.70. The van der Waals surface area contributed by atoms with Crippen molar-refractivity contribution in [2.75, 3.05) is 18.6 Å². The third kappa shape index (κ3) is 11.9. The van der Waals surface area contributed by atoms with Crippen molar-refractivity contribution in [3.63, 3.8) is 0 Å². The van der Waals surface area contributed by atoms with Crippen LogP contribution in [0.25, 0.3) is 0 Å². The minimum absolute atomic E-state index is 0.0882. The number of urea groups is 1. The second kappa shape index (κ2) is 9.95. The van der Waals surface area contributed by atoms with E-state index in [9.17, 15) is 9.59 Å². The van der Waals surface area contributed by atoms with Crippen molar-refractivity contribution in [2.45, 2.75) is 51.5 Å². The van der Waals surface area contributed by atoms with Crippen LogP contribution >= 0.6 is 11.8 Å². The number of rotatable bonds is 10. The summed E-state index contributed by atoms with van der Waals surface area (Å²) in [4.78, 5) is 22.2. The Morgan fingerprint density at radius 3 is 2.37 bits per heavy atom. The Balaban J connectivity index is 3.61. The predicted molar refractivity (Wildman–Crippen MR) is 79.7 cm³/mol. The lowest BCUT2D eigenvalue weighted by Gasteiger charge is -2.24. The average molecular weight is 290 g/mol. The summed E-state index contributed by atoms with van der Waals surface area (Å²) < 4.78 is 0. The number of aliphatic carboxylic acids is 1. The summed E-state index contributed by atoms with van der Waals surface area (Å²) in [5, 5.41) is 14.1. The summed E-state index contributed by atoms with van der Waals surface area (Å²) in [7, 11) is 0. The highest BCUT2D eigenvalue weighted by molar-refractivity contribution is 7.98. The van der Waals surface area contributed by atoms with Gasteiger partial charge in [-0.05, 0) is 38.7 Å². The van der Waals surface area contributed by atoms with Crippen molar-refractivity contribution in [3.05, 3.63) is 0 Å². The molecule has 0 aromatic rings. The Morgan fingerprint density at radius 2 is 1.79 bits per heavy atom. The number of carbonyl (C=O) groups excluding carboxylic acids is 1. The largest absolute Gasteiger partial charge is 0.481 e. The van der Waals surface area contributed by atoms with Crippen molar-refractivity contribution >= 4 is 23.8 Å². The summed E-state index contributed by atoms with van der Waals surface area (Å²) in [6, 6.07) is -0.296. The quantitative estimate of drug-likeness (QED) is 0.540. The number of unbranched alkanes of at least 4 members (excludes halogenated alkanes) is 3. The van der Waals surface area contributed by atoms with Crippen LogP contribution in [0.3, 0.4) is 0 Å². The molecule has 0 bridgehead atoms. The van der Waals surface area contributed by atoms with Gasteiger partial charge in [-0.1, -0.05) is 12.8 Å². The molecule has 0 radical (unpaired) electrons. The lowest BCUT2D eigenvalue weighted by Crippen LogP contribution is -2.49. The van der Waals surface area contributed by atoms with Gasteiger partial charge in [-0.15, -0.1) is 0 Å². The van der Waals surface area contributed by atoms with Crippen LogP contribution in [0.2, 0.25) is 0 Å². The predicted octanol–water partition coefficient (Wildman–Crippen LogP) is 2.46. The molecule has 0 saturated heterocycles. The van der Waals surface area contributed by atoms with Crippen molar-refractivity contribution < 1.29 is 14.7 Å². The van der Waals surface area contributed by atoms with E-state index in [0.717, 1.165) is 12.8 Å². The Bertz CT molecular complexity index is 283. The highest BCUT2D eigenvalue weighted by atomic mass is 32.2. The molecule has 0 rings (SSSR count). The average Bonchev–Trinajstić information content (AvgIpc) is 2.25. The van der Waals surface area contributed by atoms with Gasteiger partial charge in [-0.3, -0.25) is 4.79 Å². The molecule has 0 saturated carbocycles. The number of carboxylic acid groups (broad SMARTS) is 1. The molecule has 0 heterocycles. The lowest BCUT2D eigenvalue weighted by molar-refractivity contribution is -0.138. The van der Waals surface area contributed by atoms with Crippen LogP contribution in [0.4, 0.5) is 4.79 Å². The van der Waals surface area contributed by atoms with Crippen molar-refractivity contribution in [1.82, 2.24) is 10.6 Å². The second-order valence-corrected chi connectivity index (χ2v) is 6.23. The molecule has 112 valence electrons. The van der Waals surface area contributed by atoms with E-state index >= 15 is 0 Å². The molecule has 0 unspecified atom stereocenters. The first-order valence-corrected chi connectivity index (χ1v) is 8.03. The van der Waals surface area contributed by atoms with E-state index in [-0.39, 0.29) is 12.5 Å². The van der Waals surface area contributed by atoms with Crippen LogP contribution in [0.5, 0.6) is 0 Å². The third-order valence-electron chi connectivity index (χ3n) is 2.61. The Labute approximate surface area is 119 Å². The van der Waals surface area contributed by atoms with Crippen LogP contribution in [0, 0.1) is 0 Å². The molecule has 6 heteroatoms. The molecule has 0 aromatic heterocycles. The van der Waals surface area contributed by atoms with E-state index in [4.69, 9.17) is 5.11 Å². The normalized spacial score (nSPS) is 11.1. The molecule has 5 nitrogen and oxygen atoms in total. The van der Waals surface area contributed by atoms with Crippen LogP contribution in [-0.2, 0) is 4.79 Å². The molecular formula is C13H26N2O3S. The molecule has 0 aromatic carbocycles. The SMILES string of the molecule is CSCCCCCCNC(=O)NC(C)(C)CC(=O)O. The van der Waals surface area contributed by atoms with Gasteiger partial charge in [0.1, 0.15) is 0 Å². The van der Waals surface area contributed by atoms with Crippen LogP contribution < -0.4 is 10.6 Å². The number of carboxylic acids is 1. The van der Waals surface area contributed by atoms with Gasteiger partial charge in [-0.2, -0.15) is 11.8 Å². The van der Waals surface area contributed by atoms with Gasteiger partial charge < -0.3 is 15.7 Å². The number of carbonyl (C=O) groups is 2. The minimum Gasteiger partial charge on any atom is -0.481 e. The lowest BCUT2D eigenvalue weighted by atomic mass is 10.0. The van der Waals surface area contributed by atoms with Crippen molar-refractivity contribution in [1.29, 1.82) is 0 Å².